The third kappa shape index (κ3) is 2.70. The molecule has 0 aliphatic heterocycles. The van der Waals surface area contributed by atoms with Crippen molar-refractivity contribution in [2.75, 3.05) is 6.54 Å². The van der Waals surface area contributed by atoms with Gasteiger partial charge in [-0.15, -0.1) is 10.2 Å². The van der Waals surface area contributed by atoms with Crippen LogP contribution in [0.15, 0.2) is 18.5 Å². The molecule has 1 N–H and O–H groups in total. The third-order valence-electron chi connectivity index (χ3n) is 5.59. The fourth-order valence-corrected chi connectivity index (χ4v) is 4.25. The Morgan fingerprint density at radius 1 is 1.33 bits per heavy atom. The molecule has 126 valence electrons. The number of hydrogen-bond donors (Lipinski definition) is 1. The Balaban J connectivity index is 1.35. The average Bonchev–Trinajstić information content (AvgIpc) is 3.28. The van der Waals surface area contributed by atoms with Gasteiger partial charge in [0.15, 0.2) is 5.65 Å². The van der Waals surface area contributed by atoms with Gasteiger partial charge in [-0.05, 0) is 56.4 Å². The first-order valence-corrected chi connectivity index (χ1v) is 8.73. The molecular weight excluding hydrogens is 302 g/mol. The van der Waals surface area contributed by atoms with Crippen molar-refractivity contribution in [3.05, 3.63) is 35.3 Å². The highest BCUT2D eigenvalue weighted by atomic mass is 16.1. The van der Waals surface area contributed by atoms with Gasteiger partial charge >= 0.3 is 0 Å². The Morgan fingerprint density at radius 2 is 2.21 bits per heavy atom. The number of hydrogen-bond acceptors (Lipinski definition) is 4. The number of aromatic nitrogens is 4. The van der Waals surface area contributed by atoms with Crippen molar-refractivity contribution in [3.8, 4) is 0 Å². The third-order valence-corrected chi connectivity index (χ3v) is 5.59. The van der Waals surface area contributed by atoms with Crippen LogP contribution >= 0.6 is 0 Å². The molecule has 2 bridgehead atoms. The zero-order valence-electron chi connectivity index (χ0n) is 14.2. The van der Waals surface area contributed by atoms with Crippen LogP contribution in [0.2, 0.25) is 0 Å². The number of aryl methyl sites for hydroxylation is 2. The van der Waals surface area contributed by atoms with Crippen molar-refractivity contribution in [1.82, 2.24) is 25.1 Å². The van der Waals surface area contributed by atoms with E-state index in [-0.39, 0.29) is 5.91 Å². The van der Waals surface area contributed by atoms with Gasteiger partial charge in [0.05, 0.1) is 5.69 Å². The summed E-state index contributed by atoms with van der Waals surface area (Å²) in [6.07, 6.45) is 9.96. The van der Waals surface area contributed by atoms with Gasteiger partial charge in [0.2, 0.25) is 5.91 Å². The van der Waals surface area contributed by atoms with Crippen LogP contribution in [-0.4, -0.2) is 32.3 Å². The summed E-state index contributed by atoms with van der Waals surface area (Å²) in [5, 5.41) is 15.6. The first-order valence-electron chi connectivity index (χ1n) is 8.73. The topological polar surface area (TPSA) is 72.2 Å². The lowest BCUT2D eigenvalue weighted by Gasteiger charge is -2.18. The van der Waals surface area contributed by atoms with Crippen molar-refractivity contribution in [3.63, 3.8) is 0 Å². The van der Waals surface area contributed by atoms with E-state index in [1.54, 1.807) is 10.8 Å². The maximum absolute atomic E-state index is 12.2. The zero-order chi connectivity index (χ0) is 16.7. The van der Waals surface area contributed by atoms with Crippen molar-refractivity contribution in [2.45, 2.75) is 39.5 Å². The number of carbonyl (C=O) groups excluding carboxylic acids is 1. The molecule has 2 aromatic heterocycles. The van der Waals surface area contributed by atoms with Crippen LogP contribution in [0, 0.1) is 31.6 Å². The van der Waals surface area contributed by atoms with Crippen molar-refractivity contribution < 1.29 is 4.79 Å². The van der Waals surface area contributed by atoms with E-state index in [4.69, 9.17) is 0 Å². The predicted octanol–water partition coefficient (Wildman–Crippen LogP) is 2.00. The smallest absolute Gasteiger partial charge is 0.220 e. The summed E-state index contributed by atoms with van der Waals surface area (Å²) in [5.74, 6) is 2.19. The van der Waals surface area contributed by atoms with Crippen molar-refractivity contribution in [1.29, 1.82) is 0 Å². The van der Waals surface area contributed by atoms with Crippen LogP contribution in [-0.2, 0) is 11.2 Å². The monoisotopic (exact) mass is 325 g/mol. The van der Waals surface area contributed by atoms with Gasteiger partial charge in [0, 0.05) is 18.5 Å². The van der Waals surface area contributed by atoms with Gasteiger partial charge in [0.25, 0.3) is 0 Å². The number of nitrogens with one attached hydrogen (secondary N) is 1. The fourth-order valence-electron chi connectivity index (χ4n) is 4.25. The molecule has 2 aromatic rings. The summed E-state index contributed by atoms with van der Waals surface area (Å²) >= 11 is 0. The van der Waals surface area contributed by atoms with Crippen LogP contribution in [0.3, 0.4) is 0 Å². The predicted molar refractivity (Wildman–Crippen MR) is 90.4 cm³/mol. The summed E-state index contributed by atoms with van der Waals surface area (Å²) in [7, 11) is 0. The van der Waals surface area contributed by atoms with Gasteiger partial charge in [-0.2, -0.15) is 5.10 Å². The number of rotatable bonds is 5. The Labute approximate surface area is 141 Å². The molecule has 6 heteroatoms. The largest absolute Gasteiger partial charge is 0.356 e. The second-order valence-electron chi connectivity index (χ2n) is 7.13. The van der Waals surface area contributed by atoms with Crippen LogP contribution in [0.4, 0.5) is 0 Å². The number of nitrogens with zero attached hydrogens (tertiary/aromatic N) is 4. The van der Waals surface area contributed by atoms with E-state index in [1.165, 1.54) is 12.8 Å². The van der Waals surface area contributed by atoms with E-state index in [0.717, 1.165) is 34.9 Å². The Kier molecular flexibility index (Phi) is 3.82. The molecule has 2 aliphatic carbocycles. The minimum absolute atomic E-state index is 0.127. The van der Waals surface area contributed by atoms with E-state index in [9.17, 15) is 4.79 Å². The lowest BCUT2D eigenvalue weighted by molar-refractivity contribution is -0.121. The van der Waals surface area contributed by atoms with Gasteiger partial charge in [0.1, 0.15) is 6.33 Å². The molecule has 0 radical (unpaired) electrons. The summed E-state index contributed by atoms with van der Waals surface area (Å²) in [6.45, 7) is 4.80. The van der Waals surface area contributed by atoms with Crippen LogP contribution in [0.1, 0.15) is 36.1 Å². The molecule has 2 heterocycles. The molecule has 0 aromatic carbocycles. The second-order valence-corrected chi connectivity index (χ2v) is 7.13. The van der Waals surface area contributed by atoms with E-state index < -0.39 is 0 Å². The number of allylic oxidation sites excluding steroid dienone is 2. The van der Waals surface area contributed by atoms with Crippen LogP contribution in [0.25, 0.3) is 5.65 Å². The molecule has 3 atom stereocenters. The molecule has 4 rings (SSSR count). The lowest BCUT2D eigenvalue weighted by atomic mass is 9.93. The number of carbonyl (C=O) groups is 1. The minimum atomic E-state index is 0.127. The highest BCUT2D eigenvalue weighted by Crippen LogP contribution is 2.42. The Bertz CT molecular complexity index is 809. The average molecular weight is 325 g/mol. The Hall–Kier alpha value is -2.24. The van der Waals surface area contributed by atoms with Crippen LogP contribution < -0.4 is 5.32 Å². The highest BCUT2D eigenvalue weighted by molar-refractivity contribution is 5.76. The standard InChI is InChI=1S/C18H23N5O/c1-11-16(12(2)22-23-10-20-21-18(11)23)5-6-17(24)19-9-15-8-13-3-4-14(15)7-13/h3-4,10,13-15H,5-9H2,1-2H3,(H,19,24)/t13-,14-,15-/m0/s1. The molecule has 0 saturated heterocycles. The van der Waals surface area contributed by atoms with Gasteiger partial charge in [-0.3, -0.25) is 4.79 Å². The minimum Gasteiger partial charge on any atom is -0.356 e. The normalized spacial score (nSPS) is 24.8. The van der Waals surface area contributed by atoms with Crippen molar-refractivity contribution >= 4 is 11.6 Å². The molecule has 6 nitrogen and oxygen atoms in total. The SMILES string of the molecule is Cc1nn2cnnc2c(C)c1CCC(=O)NC[C@@H]1C[C@H]2C=C[C@H]1C2. The second kappa shape index (κ2) is 6.00. The van der Waals surface area contributed by atoms with Crippen LogP contribution in [0.5, 0.6) is 0 Å². The quantitative estimate of drug-likeness (QED) is 0.854. The van der Waals surface area contributed by atoms with Crippen molar-refractivity contribution in [2.24, 2.45) is 17.8 Å². The molecule has 1 saturated carbocycles. The maximum Gasteiger partial charge on any atom is 0.220 e. The van der Waals surface area contributed by atoms with Gasteiger partial charge < -0.3 is 5.32 Å². The molecule has 24 heavy (non-hydrogen) atoms. The van der Waals surface area contributed by atoms with E-state index in [0.29, 0.717) is 24.7 Å². The first kappa shape index (κ1) is 15.3. The maximum atomic E-state index is 12.2. The fraction of sp³-hybridized carbons (Fsp3) is 0.556. The van der Waals surface area contributed by atoms with Gasteiger partial charge in [-0.25, -0.2) is 4.52 Å². The Morgan fingerprint density at radius 3 is 2.96 bits per heavy atom. The number of fused-ring (bicyclic) bond motifs is 3. The van der Waals surface area contributed by atoms with E-state index >= 15 is 0 Å². The molecule has 0 spiro atoms. The molecule has 0 unspecified atom stereocenters. The lowest BCUT2D eigenvalue weighted by Crippen LogP contribution is -2.31. The molecule has 1 fully saturated rings. The summed E-state index contributed by atoms with van der Waals surface area (Å²) in [4.78, 5) is 12.2. The summed E-state index contributed by atoms with van der Waals surface area (Å²) in [6, 6.07) is 0. The molecule has 1 amide bonds. The van der Waals surface area contributed by atoms with E-state index in [1.807, 2.05) is 13.8 Å². The summed E-state index contributed by atoms with van der Waals surface area (Å²) < 4.78 is 1.69. The van der Waals surface area contributed by atoms with Gasteiger partial charge in [-0.1, -0.05) is 12.2 Å². The van der Waals surface area contributed by atoms with E-state index in [2.05, 4.69) is 32.8 Å². The number of amides is 1. The summed E-state index contributed by atoms with van der Waals surface area (Å²) in [5.41, 5.74) is 3.87. The molecular formula is C18H23N5O. The first-order chi connectivity index (χ1) is 11.6. The molecule has 2 aliphatic rings. The zero-order valence-corrected chi connectivity index (χ0v) is 14.2. The highest BCUT2D eigenvalue weighted by Gasteiger charge is 2.35.